The van der Waals surface area contributed by atoms with Crippen LogP contribution < -0.4 is 5.32 Å². The van der Waals surface area contributed by atoms with Gasteiger partial charge in [0.15, 0.2) is 0 Å². The van der Waals surface area contributed by atoms with Gasteiger partial charge in [0.1, 0.15) is 5.84 Å². The molecule has 0 amide bonds. The number of nitrogens with zero attached hydrogens (tertiary/aromatic N) is 4. The summed E-state index contributed by atoms with van der Waals surface area (Å²) in [5.74, 6) is 1.76. The summed E-state index contributed by atoms with van der Waals surface area (Å²) in [4.78, 5) is 14.3. The second-order valence-corrected chi connectivity index (χ2v) is 11.3. The molecule has 3 heterocycles. The second kappa shape index (κ2) is 15.8. The third-order valence-electron chi connectivity index (χ3n) is 8.47. The zero-order valence-electron chi connectivity index (χ0n) is 26.3. The van der Waals surface area contributed by atoms with Gasteiger partial charge in [-0.2, -0.15) is 0 Å². The second-order valence-electron chi connectivity index (χ2n) is 11.3. The summed E-state index contributed by atoms with van der Waals surface area (Å²) < 4.78 is 0. The lowest BCUT2D eigenvalue weighted by molar-refractivity contribution is 0.303. The Balaban J connectivity index is 0.000000378. The maximum Gasteiger partial charge on any atom is 0.137 e. The minimum absolute atomic E-state index is 0.784. The third-order valence-corrected chi connectivity index (χ3v) is 8.47. The van der Waals surface area contributed by atoms with Gasteiger partial charge in [-0.3, -0.25) is 9.89 Å². The van der Waals surface area contributed by atoms with E-state index in [1.807, 2.05) is 7.05 Å². The molecule has 0 aromatic heterocycles. The van der Waals surface area contributed by atoms with Crippen LogP contribution in [-0.2, 0) is 0 Å². The molecule has 4 aliphatic rings. The van der Waals surface area contributed by atoms with Gasteiger partial charge in [0.25, 0.3) is 0 Å². The minimum Gasteiger partial charge on any atom is -0.368 e. The molecule has 40 heavy (non-hydrogen) atoms. The summed E-state index contributed by atoms with van der Waals surface area (Å²) in [6.45, 7) is 21.6. The summed E-state index contributed by atoms with van der Waals surface area (Å²) in [6, 6.07) is 0. The molecule has 4 rings (SSSR count). The fraction of sp³-hybridized carbons (Fsp3) is 0.543. The molecule has 1 unspecified atom stereocenters. The number of hydrogen-bond acceptors (Lipinski definition) is 5. The summed E-state index contributed by atoms with van der Waals surface area (Å²) in [5, 5.41) is 3.43. The van der Waals surface area contributed by atoms with Crippen molar-refractivity contribution < 1.29 is 0 Å². The molecule has 1 saturated heterocycles. The van der Waals surface area contributed by atoms with Crippen LogP contribution in [0.15, 0.2) is 92.5 Å². The molecule has 0 radical (unpaired) electrons. The zero-order chi connectivity index (χ0) is 29.1. The Hall–Kier alpha value is -2.92. The summed E-state index contributed by atoms with van der Waals surface area (Å²) in [7, 11) is 1.84. The van der Waals surface area contributed by atoms with Crippen LogP contribution in [0.3, 0.4) is 0 Å². The molecule has 218 valence electrons. The smallest absolute Gasteiger partial charge is 0.137 e. The van der Waals surface area contributed by atoms with Crippen molar-refractivity contribution >= 4 is 11.5 Å². The molecule has 0 spiro atoms. The average molecular weight is 544 g/mol. The number of rotatable bonds is 9. The SMILES string of the molecule is C=C(CC)/C(C)=C/C(=NC)C1=CC(=C2CCC2)N2C=C(N3CCNCC3)C=CC2=N1.CCC/C=C(/C)C(C)CC. The van der Waals surface area contributed by atoms with E-state index in [0.717, 1.165) is 61.3 Å². The van der Waals surface area contributed by atoms with Gasteiger partial charge in [0.2, 0.25) is 0 Å². The van der Waals surface area contributed by atoms with Crippen LogP contribution in [0.4, 0.5) is 0 Å². The van der Waals surface area contributed by atoms with Crippen LogP contribution in [0.2, 0.25) is 0 Å². The van der Waals surface area contributed by atoms with Gasteiger partial charge < -0.3 is 10.2 Å². The van der Waals surface area contributed by atoms with E-state index in [9.17, 15) is 0 Å². The van der Waals surface area contributed by atoms with E-state index in [1.165, 1.54) is 61.1 Å². The number of allylic oxidation sites excluding steroid dienone is 8. The van der Waals surface area contributed by atoms with Gasteiger partial charge in [-0.15, -0.1) is 0 Å². The number of amidine groups is 1. The van der Waals surface area contributed by atoms with Crippen LogP contribution in [0.25, 0.3) is 0 Å². The predicted molar refractivity (Wildman–Crippen MR) is 175 cm³/mol. The normalized spacial score (nSPS) is 20.6. The lowest BCUT2D eigenvalue weighted by Crippen LogP contribution is -2.44. The van der Waals surface area contributed by atoms with Crippen molar-refractivity contribution in [2.45, 2.75) is 86.5 Å². The van der Waals surface area contributed by atoms with E-state index < -0.39 is 0 Å². The lowest BCUT2D eigenvalue weighted by Gasteiger charge is -2.37. The van der Waals surface area contributed by atoms with Crippen LogP contribution in [0.1, 0.15) is 86.5 Å². The van der Waals surface area contributed by atoms with Crippen LogP contribution in [0.5, 0.6) is 0 Å². The Labute approximate surface area is 244 Å². The van der Waals surface area contributed by atoms with Gasteiger partial charge >= 0.3 is 0 Å². The van der Waals surface area contributed by atoms with Crippen molar-refractivity contribution in [3.05, 3.63) is 82.5 Å². The van der Waals surface area contributed by atoms with Crippen molar-refractivity contribution in [2.24, 2.45) is 15.9 Å². The number of aliphatic imine (C=N–C) groups is 2. The first-order valence-corrected chi connectivity index (χ1v) is 15.5. The highest BCUT2D eigenvalue weighted by Crippen LogP contribution is 2.35. The van der Waals surface area contributed by atoms with Crippen molar-refractivity contribution in [1.82, 2.24) is 15.1 Å². The van der Waals surface area contributed by atoms with Gasteiger partial charge in [-0.1, -0.05) is 57.9 Å². The monoisotopic (exact) mass is 543 g/mol. The predicted octanol–water partition coefficient (Wildman–Crippen LogP) is 8.10. The molecule has 0 aromatic carbocycles. The maximum absolute atomic E-state index is 4.99. The first-order valence-electron chi connectivity index (χ1n) is 15.5. The highest BCUT2D eigenvalue weighted by molar-refractivity contribution is 6.12. The molecular formula is C35H53N5. The minimum atomic E-state index is 0.784. The van der Waals surface area contributed by atoms with E-state index >= 15 is 0 Å². The molecule has 1 atom stereocenters. The summed E-state index contributed by atoms with van der Waals surface area (Å²) >= 11 is 0. The highest BCUT2D eigenvalue weighted by atomic mass is 15.3. The van der Waals surface area contributed by atoms with Crippen LogP contribution >= 0.6 is 0 Å². The van der Waals surface area contributed by atoms with E-state index in [0.29, 0.717) is 0 Å². The molecule has 2 fully saturated rings. The number of piperazine rings is 1. The van der Waals surface area contributed by atoms with Crippen molar-refractivity contribution in [3.8, 4) is 0 Å². The molecule has 5 nitrogen and oxygen atoms in total. The molecule has 0 bridgehead atoms. The molecular weight excluding hydrogens is 490 g/mol. The molecule has 3 aliphatic heterocycles. The topological polar surface area (TPSA) is 43.2 Å². The van der Waals surface area contributed by atoms with Gasteiger partial charge in [0, 0.05) is 45.1 Å². The third kappa shape index (κ3) is 8.30. The average Bonchev–Trinajstić information content (AvgIpc) is 2.97. The Morgan fingerprint density at radius 1 is 1.15 bits per heavy atom. The number of nitrogens with one attached hydrogen (secondary N) is 1. The fourth-order valence-electron chi connectivity index (χ4n) is 4.98. The van der Waals surface area contributed by atoms with Crippen LogP contribution in [-0.4, -0.2) is 54.6 Å². The van der Waals surface area contributed by atoms with Crippen molar-refractivity contribution in [2.75, 3.05) is 33.2 Å². The fourth-order valence-corrected chi connectivity index (χ4v) is 4.98. The number of hydrogen-bond donors (Lipinski definition) is 1. The maximum atomic E-state index is 4.99. The molecule has 0 aromatic rings. The van der Waals surface area contributed by atoms with E-state index in [2.05, 4.69) is 105 Å². The van der Waals surface area contributed by atoms with Crippen LogP contribution in [0, 0.1) is 5.92 Å². The largest absolute Gasteiger partial charge is 0.368 e. The lowest BCUT2D eigenvalue weighted by atomic mass is 9.89. The highest BCUT2D eigenvalue weighted by Gasteiger charge is 2.27. The Morgan fingerprint density at radius 2 is 1.88 bits per heavy atom. The van der Waals surface area contributed by atoms with Gasteiger partial charge in [0.05, 0.1) is 17.1 Å². The number of fused-ring (bicyclic) bond motifs is 1. The van der Waals surface area contributed by atoms with Crippen molar-refractivity contribution in [1.29, 1.82) is 0 Å². The Morgan fingerprint density at radius 3 is 2.45 bits per heavy atom. The number of unbranched alkanes of at least 4 members (excludes halogenated alkanes) is 1. The van der Waals surface area contributed by atoms with E-state index in [1.54, 1.807) is 5.57 Å². The first kappa shape index (κ1) is 31.6. The zero-order valence-corrected chi connectivity index (χ0v) is 26.3. The molecule has 1 aliphatic carbocycles. The van der Waals surface area contributed by atoms with Gasteiger partial charge in [-0.25, -0.2) is 4.99 Å². The molecule has 1 saturated carbocycles. The van der Waals surface area contributed by atoms with E-state index in [4.69, 9.17) is 4.99 Å². The molecule has 5 heteroatoms. The van der Waals surface area contributed by atoms with Gasteiger partial charge in [-0.05, 0) is 93.7 Å². The summed E-state index contributed by atoms with van der Waals surface area (Å²) in [5.41, 5.74) is 9.77. The quantitative estimate of drug-likeness (QED) is 0.181. The van der Waals surface area contributed by atoms with Crippen molar-refractivity contribution in [3.63, 3.8) is 0 Å². The summed E-state index contributed by atoms with van der Waals surface area (Å²) in [6.07, 6.45) is 21.7. The van der Waals surface area contributed by atoms with E-state index in [-0.39, 0.29) is 0 Å². The standard InChI is InChI=1S/C25H33N5.C10H20/c1-5-18(2)19(3)15-22(26-4)23-16-24(20-7-6-8-20)30-17-21(9-10-25(30)28-23)29-13-11-27-12-14-29;1-5-7-8-10(4)9(3)6-2/h9-10,15-17,27H,2,5-8,11-14H2,1,3-4H3;8-9H,5-7H2,1-4H3/b19-15+,26-22?;10-8-. The Kier molecular flexibility index (Phi) is 12.5. The first-order chi connectivity index (χ1) is 19.3. The Bertz CT molecular complexity index is 1140. The molecule has 1 N–H and O–H groups in total.